The summed E-state index contributed by atoms with van der Waals surface area (Å²) in [4.78, 5) is 28.5. The Morgan fingerprint density at radius 1 is 1.30 bits per heavy atom. The SMILES string of the molecule is COC(=O)C1CC(c2nn(PI)cc2CN(C)CCN(C)C(=O)OC(C)(C)C)CCC1(C)C. The van der Waals surface area contributed by atoms with Gasteiger partial charge < -0.3 is 19.3 Å². The van der Waals surface area contributed by atoms with Gasteiger partial charge in [-0.05, 0) is 74.5 Å². The van der Waals surface area contributed by atoms with E-state index in [4.69, 9.17) is 14.6 Å². The third kappa shape index (κ3) is 8.06. The highest BCUT2D eigenvalue weighted by molar-refractivity contribution is 14.2. The van der Waals surface area contributed by atoms with Gasteiger partial charge in [0, 0.05) is 44.4 Å². The molecule has 0 bridgehead atoms. The summed E-state index contributed by atoms with van der Waals surface area (Å²) >= 11 is 2.34. The van der Waals surface area contributed by atoms with Gasteiger partial charge in [0.15, 0.2) is 0 Å². The maximum Gasteiger partial charge on any atom is 0.410 e. The van der Waals surface area contributed by atoms with Gasteiger partial charge in [0.25, 0.3) is 0 Å². The molecule has 8 nitrogen and oxygen atoms in total. The minimum absolute atomic E-state index is 0.0691. The van der Waals surface area contributed by atoms with Crippen LogP contribution in [0.2, 0.25) is 0 Å². The minimum Gasteiger partial charge on any atom is -0.469 e. The number of nitrogens with zero attached hydrogens (tertiary/aromatic N) is 4. The van der Waals surface area contributed by atoms with Crippen LogP contribution in [0.15, 0.2) is 6.20 Å². The average Bonchev–Trinajstić information content (AvgIpc) is 3.12. The van der Waals surface area contributed by atoms with Crippen LogP contribution in [-0.2, 0) is 20.8 Å². The van der Waals surface area contributed by atoms with E-state index in [0.717, 1.165) is 38.0 Å². The number of esters is 1. The molecule has 3 unspecified atom stereocenters. The zero-order valence-corrected chi connectivity index (χ0v) is 24.4. The number of aromatic nitrogens is 2. The van der Waals surface area contributed by atoms with Crippen LogP contribution in [0.3, 0.4) is 0 Å². The molecule has 0 spiro atoms. The molecule has 1 aromatic heterocycles. The largest absolute Gasteiger partial charge is 0.469 e. The van der Waals surface area contributed by atoms with Crippen LogP contribution < -0.4 is 0 Å². The van der Waals surface area contributed by atoms with Crippen molar-refractivity contribution in [3.8, 4) is 0 Å². The molecule has 0 aliphatic heterocycles. The van der Waals surface area contributed by atoms with Gasteiger partial charge in [-0.2, -0.15) is 5.10 Å². The summed E-state index contributed by atoms with van der Waals surface area (Å²) in [5, 5.41) is 4.89. The normalized spacial score (nSPS) is 20.9. The average molecular weight is 594 g/mol. The van der Waals surface area contributed by atoms with E-state index in [0.29, 0.717) is 12.9 Å². The van der Waals surface area contributed by atoms with Gasteiger partial charge >= 0.3 is 12.1 Å². The van der Waals surface area contributed by atoms with Crippen molar-refractivity contribution in [2.24, 2.45) is 11.3 Å². The van der Waals surface area contributed by atoms with Crippen molar-refractivity contribution in [1.82, 2.24) is 19.4 Å². The molecule has 1 aliphatic rings. The van der Waals surface area contributed by atoms with Gasteiger partial charge in [-0.3, -0.25) is 4.79 Å². The van der Waals surface area contributed by atoms with Crippen molar-refractivity contribution in [2.45, 2.75) is 71.9 Å². The lowest BCUT2D eigenvalue weighted by molar-refractivity contribution is -0.151. The molecule has 0 aromatic carbocycles. The topological polar surface area (TPSA) is 76.9 Å². The Morgan fingerprint density at radius 2 is 1.97 bits per heavy atom. The quantitative estimate of drug-likeness (QED) is 0.238. The number of carbonyl (C=O) groups is 2. The van der Waals surface area contributed by atoms with E-state index in [2.05, 4.69) is 54.0 Å². The fourth-order valence-electron chi connectivity index (χ4n) is 4.30. The molecule has 10 heteroatoms. The molecule has 2 rings (SSSR count). The Balaban J connectivity index is 2.07. The Morgan fingerprint density at radius 3 is 2.55 bits per heavy atom. The number of hydrogen-bond acceptors (Lipinski definition) is 6. The third-order valence-corrected chi connectivity index (χ3v) is 8.23. The highest BCUT2D eigenvalue weighted by Crippen LogP contribution is 2.47. The first-order valence-electron chi connectivity index (χ1n) is 11.4. The summed E-state index contributed by atoms with van der Waals surface area (Å²) < 4.78 is 12.6. The zero-order chi connectivity index (χ0) is 25.0. The van der Waals surface area contributed by atoms with Crippen LogP contribution in [0.4, 0.5) is 4.79 Å². The summed E-state index contributed by atoms with van der Waals surface area (Å²) in [6, 6.07) is 0. The first kappa shape index (κ1) is 28.3. The molecule has 1 aromatic rings. The molecular formula is C23H40IN4O4P. The second kappa shape index (κ2) is 11.7. The number of likely N-dealkylation sites (N-methyl/N-ethyl adjacent to an activating group) is 2. The van der Waals surface area contributed by atoms with Crippen molar-refractivity contribution >= 4 is 40.5 Å². The molecule has 0 N–H and O–H groups in total. The molecule has 1 amide bonds. The van der Waals surface area contributed by atoms with E-state index in [9.17, 15) is 9.59 Å². The summed E-state index contributed by atoms with van der Waals surface area (Å²) in [7, 11) is 5.29. The molecule has 1 fully saturated rings. The van der Waals surface area contributed by atoms with Crippen LogP contribution in [0.25, 0.3) is 0 Å². The lowest BCUT2D eigenvalue weighted by atomic mass is 9.64. The van der Waals surface area contributed by atoms with Crippen LogP contribution in [0.1, 0.15) is 71.1 Å². The van der Waals surface area contributed by atoms with Crippen LogP contribution in [0, 0.1) is 11.3 Å². The Labute approximate surface area is 213 Å². The van der Waals surface area contributed by atoms with Gasteiger partial charge in [0.2, 0.25) is 0 Å². The van der Waals surface area contributed by atoms with E-state index in [1.807, 2.05) is 25.2 Å². The molecule has 1 aliphatic carbocycles. The molecule has 0 saturated heterocycles. The molecule has 0 radical (unpaired) electrons. The van der Waals surface area contributed by atoms with Crippen LogP contribution in [-0.4, -0.2) is 71.3 Å². The molecule has 1 heterocycles. The van der Waals surface area contributed by atoms with Gasteiger partial charge in [0.1, 0.15) is 5.60 Å². The second-order valence-corrected chi connectivity index (χ2v) is 12.8. The van der Waals surface area contributed by atoms with E-state index in [1.54, 1.807) is 11.9 Å². The van der Waals surface area contributed by atoms with Gasteiger partial charge in [-0.15, -0.1) is 0 Å². The van der Waals surface area contributed by atoms with Crippen molar-refractivity contribution in [3.63, 3.8) is 0 Å². The summed E-state index contributed by atoms with van der Waals surface area (Å²) in [6.07, 6.45) is 5.08. The predicted molar refractivity (Wildman–Crippen MR) is 141 cm³/mol. The Hall–Kier alpha value is -0.930. The maximum atomic E-state index is 12.5. The molecule has 1 saturated carbocycles. The van der Waals surface area contributed by atoms with Gasteiger partial charge in [-0.1, -0.05) is 13.8 Å². The summed E-state index contributed by atoms with van der Waals surface area (Å²) in [5.41, 5.74) is 1.71. The van der Waals surface area contributed by atoms with Crippen molar-refractivity contribution in [2.75, 3.05) is 34.3 Å². The standard InChI is InChI=1S/C23H40IN4O4P/c1-22(2,3)32-21(30)27(7)12-11-26(6)14-17-15-28(33-24)25-19(17)16-9-10-23(4,5)18(13-16)20(29)31-8/h15-16,18,33H,9-14H2,1-8H3. The molecule has 188 valence electrons. The monoisotopic (exact) mass is 594 g/mol. The van der Waals surface area contributed by atoms with Gasteiger partial charge in [-0.25, -0.2) is 9.25 Å². The van der Waals surface area contributed by atoms with Gasteiger partial charge in [0.05, 0.1) is 25.1 Å². The number of hydrogen-bond donors (Lipinski definition) is 0. The summed E-state index contributed by atoms with van der Waals surface area (Å²) in [6.45, 7) is 12.0. The highest BCUT2D eigenvalue weighted by Gasteiger charge is 2.43. The maximum absolute atomic E-state index is 12.5. The fourth-order valence-corrected chi connectivity index (χ4v) is 5.39. The predicted octanol–water partition coefficient (Wildman–Crippen LogP) is 5.06. The van der Waals surface area contributed by atoms with E-state index in [1.165, 1.54) is 12.7 Å². The molecule has 33 heavy (non-hydrogen) atoms. The highest BCUT2D eigenvalue weighted by atomic mass is 127. The van der Waals surface area contributed by atoms with E-state index >= 15 is 0 Å². The van der Waals surface area contributed by atoms with E-state index in [-0.39, 0.29) is 29.3 Å². The number of ether oxygens (including phenoxy) is 2. The number of methoxy groups -OCH3 is 1. The minimum atomic E-state index is -0.502. The zero-order valence-electron chi connectivity index (χ0n) is 21.3. The number of carbonyl (C=O) groups excluding carboxylic acids is 2. The first-order chi connectivity index (χ1) is 15.3. The summed E-state index contributed by atoms with van der Waals surface area (Å²) in [5.74, 6) is -0.00535. The Kier molecular flexibility index (Phi) is 10.0. The Bertz CT molecular complexity index is 824. The van der Waals surface area contributed by atoms with Crippen molar-refractivity contribution in [1.29, 1.82) is 0 Å². The lowest BCUT2D eigenvalue weighted by Crippen LogP contribution is -2.38. The molecular weight excluding hydrogens is 554 g/mol. The van der Waals surface area contributed by atoms with E-state index < -0.39 is 5.60 Å². The number of amides is 1. The second-order valence-electron chi connectivity index (χ2n) is 10.7. The lowest BCUT2D eigenvalue weighted by Gasteiger charge is -2.40. The number of rotatable bonds is 8. The van der Waals surface area contributed by atoms with Crippen molar-refractivity contribution < 1.29 is 19.1 Å². The smallest absolute Gasteiger partial charge is 0.410 e. The molecule has 3 atom stereocenters. The van der Waals surface area contributed by atoms with Crippen LogP contribution in [0.5, 0.6) is 0 Å². The third-order valence-electron chi connectivity index (χ3n) is 6.34. The first-order valence-corrected chi connectivity index (χ1v) is 15.5. The van der Waals surface area contributed by atoms with Crippen LogP contribution >= 0.6 is 28.4 Å². The van der Waals surface area contributed by atoms with Crippen molar-refractivity contribution in [3.05, 3.63) is 17.5 Å². The number of halogens is 1. The fraction of sp³-hybridized carbons (Fsp3) is 0.783.